The van der Waals surface area contributed by atoms with E-state index < -0.39 is 11.9 Å². The number of H-pyrrole nitrogens is 1. The van der Waals surface area contributed by atoms with Gasteiger partial charge in [-0.2, -0.15) is 18.3 Å². The summed E-state index contributed by atoms with van der Waals surface area (Å²) in [6.07, 6.45) is -2.82. The average molecular weight is 269 g/mol. The van der Waals surface area contributed by atoms with Crippen LogP contribution >= 0.6 is 11.3 Å². The first-order valence-corrected chi connectivity index (χ1v) is 5.89. The molecule has 1 aromatic carbocycles. The normalized spacial score (nSPS) is 12.2. The molecule has 1 N–H and O–H groups in total. The Balaban J connectivity index is 2.15. The van der Waals surface area contributed by atoms with Gasteiger partial charge in [0.2, 0.25) is 0 Å². The second-order valence-corrected chi connectivity index (χ2v) is 4.53. The number of benzene rings is 1. The van der Waals surface area contributed by atoms with E-state index in [9.17, 15) is 13.2 Å². The van der Waals surface area contributed by atoms with Gasteiger partial charge >= 0.3 is 6.18 Å². The van der Waals surface area contributed by atoms with Crippen molar-refractivity contribution in [2.24, 2.45) is 0 Å². The number of hydrogen-bond donors (Lipinski definition) is 1. The summed E-state index contributed by atoms with van der Waals surface area (Å²) in [5.41, 5.74) is 0.570. The number of aromatic amines is 1. The number of alkyl halides is 3. The zero-order valence-corrected chi connectivity index (χ0v) is 9.64. The van der Waals surface area contributed by atoms with Gasteiger partial charge < -0.3 is 0 Å². The van der Waals surface area contributed by atoms with Gasteiger partial charge in [0.25, 0.3) is 0 Å². The Morgan fingerprint density at radius 1 is 1.22 bits per heavy atom. The van der Waals surface area contributed by atoms with Crippen molar-refractivity contribution < 1.29 is 13.2 Å². The number of fused-ring (bicyclic) bond motifs is 1. The molecule has 92 valence electrons. The van der Waals surface area contributed by atoms with Crippen LogP contribution in [0.15, 0.2) is 29.8 Å². The van der Waals surface area contributed by atoms with E-state index in [-0.39, 0.29) is 0 Å². The van der Waals surface area contributed by atoms with Gasteiger partial charge in [-0.05, 0) is 6.07 Å². The largest absolute Gasteiger partial charge is 0.434 e. The molecule has 0 aliphatic heterocycles. The minimum absolute atomic E-state index is 0.342. The van der Waals surface area contributed by atoms with Crippen LogP contribution in [0.3, 0.4) is 0 Å². The molecule has 2 heterocycles. The lowest BCUT2D eigenvalue weighted by atomic mass is 10.1. The third-order valence-electron chi connectivity index (χ3n) is 2.51. The highest BCUT2D eigenvalue weighted by molar-refractivity contribution is 7.13. The first-order valence-electron chi connectivity index (χ1n) is 5.01. The summed E-state index contributed by atoms with van der Waals surface area (Å²) in [6.45, 7) is 0. The van der Waals surface area contributed by atoms with Crippen molar-refractivity contribution >= 4 is 22.2 Å². The quantitative estimate of drug-likeness (QED) is 0.731. The molecule has 18 heavy (non-hydrogen) atoms. The van der Waals surface area contributed by atoms with E-state index in [0.29, 0.717) is 10.6 Å². The Hall–Kier alpha value is -1.89. The molecule has 0 bridgehead atoms. The molecule has 3 aromatic rings. The van der Waals surface area contributed by atoms with Gasteiger partial charge in [0.05, 0.1) is 11.7 Å². The van der Waals surface area contributed by atoms with Gasteiger partial charge in [-0.25, -0.2) is 4.98 Å². The zero-order valence-electron chi connectivity index (χ0n) is 8.82. The van der Waals surface area contributed by atoms with E-state index in [0.717, 1.165) is 27.6 Å². The molecule has 0 aliphatic carbocycles. The second kappa shape index (κ2) is 3.81. The summed E-state index contributed by atoms with van der Waals surface area (Å²) in [6, 6.07) is 5.30. The van der Waals surface area contributed by atoms with Crippen molar-refractivity contribution in [1.29, 1.82) is 0 Å². The molecular weight excluding hydrogens is 263 g/mol. The van der Waals surface area contributed by atoms with Gasteiger partial charge in [-0.1, -0.05) is 12.1 Å². The molecule has 7 heteroatoms. The molecule has 0 atom stereocenters. The SMILES string of the molecule is FC(F)(F)c1csc(-c2cccc3[nH]ncc23)n1. The van der Waals surface area contributed by atoms with Gasteiger partial charge in [0.15, 0.2) is 5.69 Å². The smallest absolute Gasteiger partial charge is 0.278 e. The first-order chi connectivity index (χ1) is 8.55. The van der Waals surface area contributed by atoms with Gasteiger partial charge in [0, 0.05) is 16.3 Å². The predicted molar refractivity (Wildman–Crippen MR) is 62.2 cm³/mol. The Bertz CT molecular complexity index is 699. The van der Waals surface area contributed by atoms with Crippen molar-refractivity contribution in [1.82, 2.24) is 15.2 Å². The number of aromatic nitrogens is 3. The summed E-state index contributed by atoms with van der Waals surface area (Å²) in [4.78, 5) is 3.63. The maximum atomic E-state index is 12.5. The van der Waals surface area contributed by atoms with E-state index in [4.69, 9.17) is 0 Å². The number of rotatable bonds is 1. The molecule has 0 spiro atoms. The molecule has 0 radical (unpaired) electrons. The van der Waals surface area contributed by atoms with Crippen molar-refractivity contribution in [2.45, 2.75) is 6.18 Å². The molecule has 0 unspecified atom stereocenters. The summed E-state index contributed by atoms with van der Waals surface area (Å²) in [5, 5.41) is 8.77. The Kier molecular flexibility index (Phi) is 2.37. The van der Waals surface area contributed by atoms with E-state index in [1.165, 1.54) is 0 Å². The average Bonchev–Trinajstić information content (AvgIpc) is 2.96. The van der Waals surface area contributed by atoms with Crippen molar-refractivity contribution in [3.05, 3.63) is 35.5 Å². The summed E-state index contributed by atoms with van der Waals surface area (Å²) in [7, 11) is 0. The number of halogens is 3. The Morgan fingerprint density at radius 3 is 2.78 bits per heavy atom. The molecule has 3 rings (SSSR count). The van der Waals surface area contributed by atoms with E-state index >= 15 is 0 Å². The third kappa shape index (κ3) is 1.76. The lowest BCUT2D eigenvalue weighted by Gasteiger charge is -2.01. The maximum absolute atomic E-state index is 12.5. The van der Waals surface area contributed by atoms with Crippen LogP contribution in [0.2, 0.25) is 0 Å². The van der Waals surface area contributed by atoms with Gasteiger partial charge in [-0.3, -0.25) is 5.10 Å². The molecular formula is C11H6F3N3S. The van der Waals surface area contributed by atoms with Crippen LogP contribution in [-0.4, -0.2) is 15.2 Å². The van der Waals surface area contributed by atoms with Crippen LogP contribution in [0.4, 0.5) is 13.2 Å². The predicted octanol–water partition coefficient (Wildman–Crippen LogP) is 3.71. The van der Waals surface area contributed by atoms with Crippen LogP contribution in [0.5, 0.6) is 0 Å². The highest BCUT2D eigenvalue weighted by Crippen LogP contribution is 2.35. The van der Waals surface area contributed by atoms with Crippen LogP contribution in [0.1, 0.15) is 5.69 Å². The lowest BCUT2D eigenvalue weighted by Crippen LogP contribution is -2.04. The van der Waals surface area contributed by atoms with Crippen LogP contribution < -0.4 is 0 Å². The zero-order chi connectivity index (χ0) is 12.8. The maximum Gasteiger partial charge on any atom is 0.434 e. The molecule has 0 aliphatic rings. The third-order valence-corrected chi connectivity index (χ3v) is 3.39. The molecule has 0 saturated heterocycles. The summed E-state index contributed by atoms with van der Waals surface area (Å²) < 4.78 is 37.5. The van der Waals surface area contributed by atoms with Crippen LogP contribution in [0, 0.1) is 0 Å². The molecule has 0 saturated carbocycles. The number of nitrogens with zero attached hydrogens (tertiary/aromatic N) is 2. The highest BCUT2D eigenvalue weighted by atomic mass is 32.1. The minimum Gasteiger partial charge on any atom is -0.278 e. The summed E-state index contributed by atoms with van der Waals surface area (Å²) >= 11 is 0.975. The standard InChI is InChI=1S/C11H6F3N3S/c12-11(13,14)9-5-18-10(16-9)6-2-1-3-8-7(6)4-15-17-8/h1-5H,(H,15,17). The van der Waals surface area contributed by atoms with Crippen LogP contribution in [0.25, 0.3) is 21.5 Å². The molecule has 0 amide bonds. The van der Waals surface area contributed by atoms with Crippen molar-refractivity contribution in [3.8, 4) is 10.6 Å². The lowest BCUT2D eigenvalue weighted by molar-refractivity contribution is -0.140. The topological polar surface area (TPSA) is 41.6 Å². The van der Waals surface area contributed by atoms with Crippen molar-refractivity contribution in [2.75, 3.05) is 0 Å². The highest BCUT2D eigenvalue weighted by Gasteiger charge is 2.33. The number of thiazole rings is 1. The van der Waals surface area contributed by atoms with E-state index in [2.05, 4.69) is 15.2 Å². The molecule has 0 fully saturated rings. The Labute approximate surface area is 103 Å². The Morgan fingerprint density at radius 2 is 2.06 bits per heavy atom. The molecule has 3 nitrogen and oxygen atoms in total. The van der Waals surface area contributed by atoms with Gasteiger partial charge in [-0.15, -0.1) is 11.3 Å². The number of nitrogens with one attached hydrogen (secondary N) is 1. The summed E-state index contributed by atoms with van der Waals surface area (Å²) in [5.74, 6) is 0. The van der Waals surface area contributed by atoms with Crippen molar-refractivity contribution in [3.63, 3.8) is 0 Å². The number of hydrogen-bond acceptors (Lipinski definition) is 3. The van der Waals surface area contributed by atoms with E-state index in [1.807, 2.05) is 6.07 Å². The minimum atomic E-state index is -4.40. The fourth-order valence-electron chi connectivity index (χ4n) is 1.68. The second-order valence-electron chi connectivity index (χ2n) is 3.67. The fraction of sp³-hybridized carbons (Fsp3) is 0.0909. The first kappa shape index (κ1) is 11.2. The monoisotopic (exact) mass is 269 g/mol. The fourth-order valence-corrected chi connectivity index (χ4v) is 2.55. The molecule has 2 aromatic heterocycles. The van der Waals surface area contributed by atoms with Crippen LogP contribution in [-0.2, 0) is 6.18 Å². The van der Waals surface area contributed by atoms with E-state index in [1.54, 1.807) is 18.3 Å². The van der Waals surface area contributed by atoms with Gasteiger partial charge in [0.1, 0.15) is 5.01 Å².